The molecule has 0 aromatic heterocycles. The molecule has 0 fully saturated rings. The molecule has 0 aromatic carbocycles. The number of carbonyl (C=O) groups excluding carboxylic acids is 4. The van der Waals surface area contributed by atoms with Crippen LogP contribution in [0, 0.1) is 0 Å². The van der Waals surface area contributed by atoms with Gasteiger partial charge in [-0.2, -0.15) is 0 Å². The van der Waals surface area contributed by atoms with Crippen molar-refractivity contribution in [3.8, 4) is 0 Å². The summed E-state index contributed by atoms with van der Waals surface area (Å²) < 4.78 is 0. The number of carbonyl (C=O) groups is 4. The molecule has 2 atom stereocenters. The first-order valence-corrected chi connectivity index (χ1v) is 15.2. The van der Waals surface area contributed by atoms with E-state index in [0.717, 1.165) is 38.5 Å². The zero-order valence-corrected chi connectivity index (χ0v) is 30.7. The van der Waals surface area contributed by atoms with Crippen molar-refractivity contribution in [1.29, 1.82) is 0 Å². The molecule has 0 aliphatic rings. The van der Waals surface area contributed by atoms with Gasteiger partial charge in [0.1, 0.15) is 0 Å². The van der Waals surface area contributed by atoms with Crippen molar-refractivity contribution < 1.29 is 88.5 Å². The fourth-order valence-corrected chi connectivity index (χ4v) is 3.94. The average molecular weight is 587 g/mol. The first kappa shape index (κ1) is 46.8. The van der Waals surface area contributed by atoms with Crippen molar-refractivity contribution in [3.05, 3.63) is 0 Å². The van der Waals surface area contributed by atoms with Gasteiger partial charge in [-0.15, -0.1) is 0 Å². The molecule has 2 N–H and O–H groups in total. The molecule has 224 valence electrons. The number of aliphatic carboxylic acids is 2. The Balaban J connectivity index is -0.000000309. The minimum atomic E-state index is -1.24. The van der Waals surface area contributed by atoms with Gasteiger partial charge < -0.3 is 30.4 Å². The Morgan fingerprint density at radius 3 is 0.925 bits per heavy atom. The number of amides is 2. The van der Waals surface area contributed by atoms with Gasteiger partial charge >= 0.3 is 59.1 Å². The molecule has 0 saturated heterocycles. The predicted molar refractivity (Wildman–Crippen MR) is 149 cm³/mol. The molecule has 0 aliphatic heterocycles. The van der Waals surface area contributed by atoms with Crippen LogP contribution in [0.25, 0.3) is 0 Å². The Morgan fingerprint density at radius 1 is 0.475 bits per heavy atom. The normalized spacial score (nSPS) is 11.5. The summed E-state index contributed by atoms with van der Waals surface area (Å²) in [6.45, 7) is 7.27. The van der Waals surface area contributed by atoms with E-state index in [1.54, 1.807) is 0 Å². The molecule has 0 saturated carbocycles. The molecule has 0 unspecified atom stereocenters. The molecule has 0 heterocycles. The summed E-state index contributed by atoms with van der Waals surface area (Å²) in [4.78, 5) is 43.6. The summed E-state index contributed by atoms with van der Waals surface area (Å²) >= 11 is 0. The fourth-order valence-electron chi connectivity index (χ4n) is 3.94. The number of carboxylic acids is 2. The van der Waals surface area contributed by atoms with Crippen molar-refractivity contribution >= 4 is 23.8 Å². The van der Waals surface area contributed by atoms with E-state index >= 15 is 0 Å². The number of hydrogen-bond acceptors (Lipinski definition) is 6. The monoisotopic (exact) mass is 586 g/mol. The third-order valence-electron chi connectivity index (χ3n) is 6.48. The second kappa shape index (κ2) is 35.1. The van der Waals surface area contributed by atoms with Crippen LogP contribution in [-0.4, -0.2) is 35.8 Å². The zero-order valence-electron chi connectivity index (χ0n) is 26.7. The van der Waals surface area contributed by atoms with Crippen molar-refractivity contribution in [2.45, 2.75) is 168 Å². The number of hydrogen-bond donors (Lipinski definition) is 2. The van der Waals surface area contributed by atoms with Crippen LogP contribution in [0.15, 0.2) is 0 Å². The van der Waals surface area contributed by atoms with Crippen LogP contribution < -0.4 is 80.0 Å². The molecule has 0 spiro atoms. The molecule has 2 amide bonds. The minimum absolute atomic E-state index is 0. The zero-order chi connectivity index (χ0) is 29.0. The third kappa shape index (κ3) is 35.9. The number of rotatable bonds is 24. The molecule has 40 heavy (non-hydrogen) atoms. The molecular formula is C30H56N2Na2O6. The van der Waals surface area contributed by atoms with E-state index in [2.05, 4.69) is 24.5 Å². The fraction of sp³-hybridized carbons (Fsp3) is 0.867. The number of nitrogens with one attached hydrogen (secondary N) is 2. The van der Waals surface area contributed by atoms with Gasteiger partial charge in [0.15, 0.2) is 0 Å². The first-order valence-electron chi connectivity index (χ1n) is 15.2. The largest absolute Gasteiger partial charge is 1.00 e. The number of carboxylic acid groups (broad SMARTS) is 2. The molecular weight excluding hydrogens is 530 g/mol. The predicted octanol–water partition coefficient (Wildman–Crippen LogP) is -1.67. The van der Waals surface area contributed by atoms with E-state index in [9.17, 15) is 29.4 Å². The topological polar surface area (TPSA) is 138 Å². The SMILES string of the molecule is CCCCCCCCCCCC(=O)N[C@@H](C)C(=O)[O-].CCCCCCCCCCCC(=O)N[C@@H](C)C(=O)[O-].[Na+].[Na+]. The van der Waals surface area contributed by atoms with E-state index in [4.69, 9.17) is 0 Å². The van der Waals surface area contributed by atoms with Gasteiger partial charge in [-0.1, -0.05) is 117 Å². The Hall–Kier alpha value is -0.120. The van der Waals surface area contributed by atoms with Crippen LogP contribution in [0.1, 0.15) is 156 Å². The maximum atomic E-state index is 11.4. The summed E-state index contributed by atoms with van der Waals surface area (Å²) in [5.74, 6) is -2.86. The number of unbranched alkanes of at least 4 members (excludes halogenated alkanes) is 16. The Bertz CT molecular complexity index is 571. The van der Waals surface area contributed by atoms with Crippen LogP contribution in [0.4, 0.5) is 0 Å². The first-order chi connectivity index (χ1) is 18.1. The van der Waals surface area contributed by atoms with Gasteiger partial charge in [-0.25, -0.2) is 0 Å². The Kier molecular flexibility index (Phi) is 41.1. The maximum absolute atomic E-state index is 11.4. The van der Waals surface area contributed by atoms with Crippen LogP contribution >= 0.6 is 0 Å². The smallest absolute Gasteiger partial charge is 0.548 e. The second-order valence-electron chi connectivity index (χ2n) is 10.4. The average Bonchev–Trinajstić information content (AvgIpc) is 2.87. The van der Waals surface area contributed by atoms with Crippen molar-refractivity contribution in [2.75, 3.05) is 0 Å². The van der Waals surface area contributed by atoms with Gasteiger partial charge in [0.05, 0.1) is 24.0 Å². The molecule has 10 heteroatoms. The van der Waals surface area contributed by atoms with Gasteiger partial charge in [0.2, 0.25) is 11.8 Å². The molecule has 0 aliphatic carbocycles. The minimum Gasteiger partial charge on any atom is -0.548 e. The van der Waals surface area contributed by atoms with E-state index in [1.165, 1.54) is 90.9 Å². The van der Waals surface area contributed by atoms with E-state index < -0.39 is 24.0 Å². The molecule has 8 nitrogen and oxygen atoms in total. The van der Waals surface area contributed by atoms with E-state index in [0.29, 0.717) is 12.8 Å². The quantitative estimate of drug-likeness (QED) is 0.103. The van der Waals surface area contributed by atoms with Crippen LogP contribution in [0.3, 0.4) is 0 Å². The van der Waals surface area contributed by atoms with Gasteiger partial charge in [-0.3, -0.25) is 9.59 Å². The summed E-state index contributed by atoms with van der Waals surface area (Å²) in [6, 6.07) is -1.79. The van der Waals surface area contributed by atoms with Crippen LogP contribution in [-0.2, 0) is 19.2 Å². The van der Waals surface area contributed by atoms with Crippen LogP contribution in [0.2, 0.25) is 0 Å². The van der Waals surface area contributed by atoms with E-state index in [1.807, 2.05) is 0 Å². The molecule has 0 radical (unpaired) electrons. The van der Waals surface area contributed by atoms with Gasteiger partial charge in [0.25, 0.3) is 0 Å². The molecule has 0 aromatic rings. The Labute approximate surface area is 288 Å². The summed E-state index contributed by atoms with van der Waals surface area (Å²) in [5, 5.41) is 25.7. The summed E-state index contributed by atoms with van der Waals surface area (Å²) in [7, 11) is 0. The van der Waals surface area contributed by atoms with Crippen molar-refractivity contribution in [1.82, 2.24) is 10.6 Å². The standard InChI is InChI=1S/2C15H29NO3.2Na/c2*1-3-4-5-6-7-8-9-10-11-12-14(17)16-13(2)15(18)19;;/h2*13H,3-12H2,1-2H3,(H,16,17)(H,18,19);;/q;;2*+1/p-2/t2*13-;;/m00../s1. The maximum Gasteiger partial charge on any atom is 1.00 e. The summed E-state index contributed by atoms with van der Waals surface area (Å²) in [5.41, 5.74) is 0. The van der Waals surface area contributed by atoms with Crippen molar-refractivity contribution in [2.24, 2.45) is 0 Å². The molecule has 0 bridgehead atoms. The molecule has 0 rings (SSSR count). The third-order valence-corrected chi connectivity index (χ3v) is 6.48. The van der Waals surface area contributed by atoms with Crippen molar-refractivity contribution in [3.63, 3.8) is 0 Å². The van der Waals surface area contributed by atoms with E-state index in [-0.39, 0.29) is 70.9 Å². The Morgan fingerprint density at radius 2 is 0.700 bits per heavy atom. The second-order valence-corrected chi connectivity index (χ2v) is 10.4. The van der Waals surface area contributed by atoms with Gasteiger partial charge in [-0.05, 0) is 26.7 Å². The van der Waals surface area contributed by atoms with Gasteiger partial charge in [0, 0.05) is 12.8 Å². The van der Waals surface area contributed by atoms with Crippen LogP contribution in [0.5, 0.6) is 0 Å². The summed E-state index contributed by atoms with van der Waals surface area (Å²) in [6.07, 6.45) is 22.5.